The first-order valence-electron chi connectivity index (χ1n) is 19.7. The zero-order valence-corrected chi connectivity index (χ0v) is 35.8. The van der Waals surface area contributed by atoms with Crippen LogP contribution in [0.5, 0.6) is 5.75 Å². The number of aromatic nitrogens is 1. The predicted octanol–water partition coefficient (Wildman–Crippen LogP) is 10.3. The highest BCUT2D eigenvalue weighted by Gasteiger charge is 2.30. The van der Waals surface area contributed by atoms with E-state index in [0.29, 0.717) is 62.4 Å². The maximum atomic E-state index is 15.0. The topological polar surface area (TPSA) is 110 Å². The SMILES string of the molecule is C=CN(/C(=C(\C)c1ccccc1)c1c(C(=O)Nc2cc(OCCO)ccc2N2CCC(N(C)CCCOC=O)CC2)[nH]c2cc(Cl)ccc12)C(C)c1ccc(Cl)cc1Cl. The van der Waals surface area contributed by atoms with Crippen molar-refractivity contribution in [3.05, 3.63) is 135 Å². The number of hydrogen-bond acceptors (Lipinski definition) is 8. The van der Waals surface area contributed by atoms with E-state index in [2.05, 4.69) is 33.7 Å². The number of benzene rings is 4. The zero-order valence-electron chi connectivity index (χ0n) is 33.5. The number of ether oxygens (including phenoxy) is 2. The van der Waals surface area contributed by atoms with Crippen molar-refractivity contribution in [3.8, 4) is 5.75 Å². The lowest BCUT2D eigenvalue weighted by Gasteiger charge is -2.38. The van der Waals surface area contributed by atoms with Crippen LogP contribution in [0, 0.1) is 0 Å². The molecule has 1 aromatic heterocycles. The lowest BCUT2D eigenvalue weighted by Crippen LogP contribution is -2.44. The van der Waals surface area contributed by atoms with E-state index < -0.39 is 0 Å². The van der Waals surface area contributed by atoms with Gasteiger partial charge >= 0.3 is 0 Å². The summed E-state index contributed by atoms with van der Waals surface area (Å²) in [5, 5.41) is 15.1. The van der Waals surface area contributed by atoms with Crippen molar-refractivity contribution >= 4 is 80.7 Å². The van der Waals surface area contributed by atoms with Gasteiger partial charge in [-0.2, -0.15) is 0 Å². The first-order valence-corrected chi connectivity index (χ1v) is 20.8. The van der Waals surface area contributed by atoms with E-state index in [9.17, 15) is 9.90 Å². The fraction of sp³-hybridized carbons (Fsp3) is 0.304. The van der Waals surface area contributed by atoms with Crippen LogP contribution in [0.1, 0.15) is 66.3 Å². The van der Waals surface area contributed by atoms with E-state index in [4.69, 9.17) is 44.3 Å². The number of amides is 1. The van der Waals surface area contributed by atoms with Gasteiger partial charge in [0.1, 0.15) is 18.1 Å². The average molecular weight is 859 g/mol. The van der Waals surface area contributed by atoms with Gasteiger partial charge in [-0.3, -0.25) is 9.59 Å². The summed E-state index contributed by atoms with van der Waals surface area (Å²) in [5.74, 6) is 0.139. The van der Waals surface area contributed by atoms with Crippen LogP contribution in [0.15, 0.2) is 97.7 Å². The highest BCUT2D eigenvalue weighted by atomic mass is 35.5. The number of allylic oxidation sites excluding steroid dienone is 1. The van der Waals surface area contributed by atoms with Crippen LogP contribution in [0.25, 0.3) is 22.2 Å². The molecule has 6 rings (SSSR count). The molecule has 1 unspecified atom stereocenters. The number of carbonyl (C=O) groups is 2. The third-order valence-electron chi connectivity index (χ3n) is 10.9. The summed E-state index contributed by atoms with van der Waals surface area (Å²) in [7, 11) is 2.10. The largest absolute Gasteiger partial charge is 0.491 e. The minimum absolute atomic E-state index is 0.107. The van der Waals surface area contributed by atoms with Crippen LogP contribution in [-0.2, 0) is 9.53 Å². The Hall–Kier alpha value is -4.97. The number of piperidine rings is 1. The standard InChI is InChI=1S/C46H50Cl3N5O5/c1-5-54(31(3)37-15-12-33(47)26-39(37)49)45(30(2)32-10-7-6-8-11-32)43-38-16-13-34(48)27-40(38)50-44(43)46(57)51-41-28-36(59-25-23-55)14-17-42(41)53-21-18-35(19-22-53)52(4)20-9-24-58-29-56/h5-8,10-17,26-29,31,35,50,55H,1,9,18-25H2,2-4H3,(H,51,57)/b45-30+. The van der Waals surface area contributed by atoms with Gasteiger partial charge in [0.25, 0.3) is 12.4 Å². The molecule has 0 saturated carbocycles. The molecular weight excluding hydrogens is 809 g/mol. The Bertz CT molecular complexity index is 2290. The third kappa shape index (κ3) is 10.3. The zero-order chi connectivity index (χ0) is 42.1. The van der Waals surface area contributed by atoms with Crippen molar-refractivity contribution in [2.24, 2.45) is 0 Å². The number of carbonyl (C=O) groups excluding carboxylic acids is 2. The van der Waals surface area contributed by atoms with Gasteiger partial charge in [-0.1, -0.05) is 83.8 Å². The normalized spacial score (nSPS) is 14.2. The van der Waals surface area contributed by atoms with Gasteiger partial charge in [-0.15, -0.1) is 0 Å². The predicted molar refractivity (Wildman–Crippen MR) is 241 cm³/mol. The smallest absolute Gasteiger partial charge is 0.293 e. The van der Waals surface area contributed by atoms with Crippen LogP contribution in [0.2, 0.25) is 15.1 Å². The summed E-state index contributed by atoms with van der Waals surface area (Å²) in [5.41, 5.74) is 6.51. The third-order valence-corrected chi connectivity index (χ3v) is 11.7. The van der Waals surface area contributed by atoms with E-state index in [0.717, 1.165) is 72.4 Å². The van der Waals surface area contributed by atoms with Gasteiger partial charge in [0.15, 0.2) is 0 Å². The molecule has 0 aliphatic carbocycles. The Labute approximate surface area is 360 Å². The number of aliphatic hydroxyl groups is 1. The number of nitrogens with zero attached hydrogens (tertiary/aromatic N) is 3. The Morgan fingerprint density at radius 1 is 1.02 bits per heavy atom. The van der Waals surface area contributed by atoms with Gasteiger partial charge in [-0.25, -0.2) is 0 Å². The number of aliphatic hydroxyl groups excluding tert-OH is 1. The summed E-state index contributed by atoms with van der Waals surface area (Å²) in [6.07, 6.45) is 4.35. The number of hydrogen-bond donors (Lipinski definition) is 3. The molecule has 1 fully saturated rings. The lowest BCUT2D eigenvalue weighted by atomic mass is 9.95. The minimum Gasteiger partial charge on any atom is -0.491 e. The number of anilines is 2. The molecule has 1 saturated heterocycles. The maximum Gasteiger partial charge on any atom is 0.293 e. The fourth-order valence-corrected chi connectivity index (χ4v) is 8.60. The van der Waals surface area contributed by atoms with Crippen molar-refractivity contribution < 1.29 is 24.2 Å². The highest BCUT2D eigenvalue weighted by molar-refractivity contribution is 6.35. The lowest BCUT2D eigenvalue weighted by molar-refractivity contribution is -0.128. The molecule has 310 valence electrons. The summed E-state index contributed by atoms with van der Waals surface area (Å²) >= 11 is 19.7. The number of fused-ring (bicyclic) bond motifs is 1. The Kier molecular flexibility index (Phi) is 15.0. The van der Waals surface area contributed by atoms with Crippen molar-refractivity contribution in [2.45, 2.75) is 45.2 Å². The molecule has 2 heterocycles. The number of H-pyrrole nitrogens is 1. The second-order valence-electron chi connectivity index (χ2n) is 14.6. The van der Waals surface area contributed by atoms with Crippen molar-refractivity contribution in [1.82, 2.24) is 14.8 Å². The van der Waals surface area contributed by atoms with E-state index in [1.807, 2.05) is 91.5 Å². The van der Waals surface area contributed by atoms with Crippen LogP contribution in [0.3, 0.4) is 0 Å². The van der Waals surface area contributed by atoms with Gasteiger partial charge in [0.2, 0.25) is 0 Å². The van der Waals surface area contributed by atoms with Gasteiger partial charge in [0, 0.05) is 63.3 Å². The highest BCUT2D eigenvalue weighted by Crippen LogP contribution is 2.43. The molecule has 1 aliphatic heterocycles. The second kappa shape index (κ2) is 20.3. The number of nitrogens with one attached hydrogen (secondary N) is 2. The quantitative estimate of drug-likeness (QED) is 0.0590. The summed E-state index contributed by atoms with van der Waals surface area (Å²) in [4.78, 5) is 35.7. The Morgan fingerprint density at radius 2 is 1.75 bits per heavy atom. The molecule has 59 heavy (non-hydrogen) atoms. The Balaban J connectivity index is 1.43. The molecule has 10 nitrogen and oxygen atoms in total. The molecule has 1 aliphatic rings. The summed E-state index contributed by atoms with van der Waals surface area (Å²) in [6.45, 7) is 11.5. The fourth-order valence-electron chi connectivity index (χ4n) is 7.86. The molecule has 0 spiro atoms. The molecule has 0 bridgehead atoms. The van der Waals surface area contributed by atoms with Crippen LogP contribution >= 0.6 is 34.8 Å². The van der Waals surface area contributed by atoms with Gasteiger partial charge in [0.05, 0.1) is 36.3 Å². The molecule has 5 aromatic rings. The molecular formula is C46H50Cl3N5O5. The van der Waals surface area contributed by atoms with Crippen molar-refractivity contribution in [1.29, 1.82) is 0 Å². The van der Waals surface area contributed by atoms with Crippen LogP contribution in [-0.4, -0.2) is 84.8 Å². The number of rotatable bonds is 18. The average Bonchev–Trinajstić information content (AvgIpc) is 3.61. The van der Waals surface area contributed by atoms with E-state index in [1.165, 1.54) is 0 Å². The van der Waals surface area contributed by atoms with E-state index in [-0.39, 0.29) is 25.2 Å². The van der Waals surface area contributed by atoms with Gasteiger partial charge in [-0.05, 0) is 99.5 Å². The van der Waals surface area contributed by atoms with Crippen LogP contribution < -0.4 is 15.0 Å². The molecule has 4 aromatic carbocycles. The number of halogens is 3. The van der Waals surface area contributed by atoms with Crippen molar-refractivity contribution in [2.75, 3.05) is 56.7 Å². The van der Waals surface area contributed by atoms with E-state index in [1.54, 1.807) is 18.3 Å². The summed E-state index contributed by atoms with van der Waals surface area (Å²) in [6, 6.07) is 26.6. The van der Waals surface area contributed by atoms with Crippen molar-refractivity contribution in [3.63, 3.8) is 0 Å². The Morgan fingerprint density at radius 3 is 2.44 bits per heavy atom. The monoisotopic (exact) mass is 857 g/mol. The first kappa shape index (κ1) is 43.6. The molecule has 3 N–H and O–H groups in total. The summed E-state index contributed by atoms with van der Waals surface area (Å²) < 4.78 is 10.7. The minimum atomic E-state index is -0.375. The first-order chi connectivity index (χ1) is 28.5. The molecule has 1 amide bonds. The van der Waals surface area contributed by atoms with Crippen LogP contribution in [0.4, 0.5) is 11.4 Å². The molecule has 13 heteroatoms. The van der Waals surface area contributed by atoms with Gasteiger partial charge < -0.3 is 39.6 Å². The second-order valence-corrected chi connectivity index (χ2v) is 15.8. The molecule has 1 atom stereocenters. The molecule has 0 radical (unpaired) electrons. The van der Waals surface area contributed by atoms with E-state index >= 15 is 4.79 Å². The maximum absolute atomic E-state index is 15.0. The number of aromatic amines is 1.